The molecule has 1 saturated carbocycles. The molecule has 4 atom stereocenters. The zero-order valence-electron chi connectivity index (χ0n) is 23.9. The number of hydrogen-bond donors (Lipinski definition) is 1. The highest BCUT2D eigenvalue weighted by atomic mass is 35.5. The molecule has 4 aliphatic rings. The van der Waals surface area contributed by atoms with Gasteiger partial charge in [0, 0.05) is 30.7 Å². The summed E-state index contributed by atoms with van der Waals surface area (Å²) >= 11 is 6.22. The average molecular weight is 623 g/mol. The fraction of sp³-hybridized carbons (Fsp3) is 0.562. The van der Waals surface area contributed by atoms with Crippen molar-refractivity contribution in [3.05, 3.63) is 69.0 Å². The number of carbonyl (C=O) groups excluding carboxylic acids is 1. The summed E-state index contributed by atoms with van der Waals surface area (Å²) in [5, 5.41) is 9.42. The van der Waals surface area contributed by atoms with Gasteiger partial charge in [-0.25, -0.2) is 9.18 Å². The van der Waals surface area contributed by atoms with Crippen LogP contribution in [-0.2, 0) is 28.7 Å². The molecule has 3 heterocycles. The Morgan fingerprint density at radius 2 is 1.86 bits per heavy atom. The lowest BCUT2D eigenvalue weighted by Crippen LogP contribution is -2.59. The lowest BCUT2D eigenvalue weighted by molar-refractivity contribution is -0.177. The number of alkyl halides is 3. The number of ether oxygens (including phenoxy) is 1. The lowest BCUT2D eigenvalue weighted by atomic mass is 9.79. The molecule has 1 aliphatic carbocycles. The molecule has 43 heavy (non-hydrogen) atoms. The quantitative estimate of drug-likeness (QED) is 0.384. The summed E-state index contributed by atoms with van der Waals surface area (Å²) in [6.45, 7) is 4.53. The average Bonchev–Trinajstić information content (AvgIpc) is 3.82. The predicted molar refractivity (Wildman–Crippen MR) is 151 cm³/mol. The number of halogens is 5. The largest absolute Gasteiger partial charge is 0.478 e. The molecule has 1 amide bonds. The maximum atomic E-state index is 14.0. The van der Waals surface area contributed by atoms with E-state index in [1.165, 1.54) is 12.1 Å². The Kier molecular flexibility index (Phi) is 8.01. The molecule has 2 aromatic rings. The van der Waals surface area contributed by atoms with Gasteiger partial charge in [0.05, 0.1) is 17.7 Å². The highest BCUT2D eigenvalue weighted by Gasteiger charge is 2.56. The van der Waals surface area contributed by atoms with E-state index in [0.29, 0.717) is 37.1 Å². The molecule has 0 radical (unpaired) electrons. The molecule has 3 aliphatic heterocycles. The second-order valence-electron chi connectivity index (χ2n) is 12.6. The Hall–Kier alpha value is -2.69. The zero-order valence-corrected chi connectivity index (χ0v) is 24.7. The number of hydrogen-bond acceptors (Lipinski definition) is 4. The Morgan fingerprint density at radius 1 is 1.09 bits per heavy atom. The number of rotatable bonds is 5. The van der Waals surface area contributed by atoms with Gasteiger partial charge in [-0.05, 0) is 104 Å². The first-order chi connectivity index (χ1) is 20.4. The van der Waals surface area contributed by atoms with Gasteiger partial charge in [-0.1, -0.05) is 24.6 Å². The van der Waals surface area contributed by atoms with E-state index in [9.17, 15) is 32.3 Å². The highest BCUT2D eigenvalue weighted by Crippen LogP contribution is 2.49. The van der Waals surface area contributed by atoms with E-state index in [2.05, 4.69) is 11.8 Å². The van der Waals surface area contributed by atoms with E-state index in [1.807, 2.05) is 0 Å². The van der Waals surface area contributed by atoms with Crippen molar-refractivity contribution in [3.63, 3.8) is 0 Å². The smallest absolute Gasteiger partial charge is 0.416 e. The molecule has 232 valence electrons. The number of fused-ring (bicyclic) bond motifs is 1. The molecule has 2 aromatic carbocycles. The van der Waals surface area contributed by atoms with Crippen molar-refractivity contribution in [2.75, 3.05) is 26.2 Å². The van der Waals surface area contributed by atoms with Gasteiger partial charge in [-0.2, -0.15) is 13.2 Å². The van der Waals surface area contributed by atoms with Crippen molar-refractivity contribution >= 4 is 23.5 Å². The third kappa shape index (κ3) is 5.78. The molecule has 1 unspecified atom stereocenters. The van der Waals surface area contributed by atoms with Crippen molar-refractivity contribution in [2.45, 2.75) is 75.7 Å². The Balaban J connectivity index is 1.11. The van der Waals surface area contributed by atoms with E-state index in [0.717, 1.165) is 56.5 Å². The summed E-state index contributed by atoms with van der Waals surface area (Å²) < 4.78 is 60.8. The summed E-state index contributed by atoms with van der Waals surface area (Å²) in [4.78, 5) is 29.5. The van der Waals surface area contributed by atoms with Gasteiger partial charge in [0.15, 0.2) is 0 Å². The van der Waals surface area contributed by atoms with Crippen LogP contribution in [0.15, 0.2) is 30.3 Å². The number of benzene rings is 2. The Morgan fingerprint density at radius 3 is 2.49 bits per heavy atom. The van der Waals surface area contributed by atoms with Gasteiger partial charge >= 0.3 is 12.1 Å². The molecule has 1 N–H and O–H groups in total. The summed E-state index contributed by atoms with van der Waals surface area (Å²) in [5.74, 6) is -1.72. The van der Waals surface area contributed by atoms with E-state index >= 15 is 0 Å². The molecular formula is C32H35ClF4N2O4. The molecule has 2 saturated heterocycles. The maximum Gasteiger partial charge on any atom is 0.416 e. The van der Waals surface area contributed by atoms with Crippen LogP contribution in [0.4, 0.5) is 17.6 Å². The fourth-order valence-corrected chi connectivity index (χ4v) is 7.81. The zero-order chi connectivity index (χ0) is 30.7. The molecule has 0 aromatic heterocycles. The topological polar surface area (TPSA) is 70.1 Å². The SMILES string of the molecule is CC1CN([C@@H]2CC[C@@](C(=O)N3CCc4c(Cl)cc(C(F)(F)F)cc4C3)(C3CC3)OC2)CC[C@@H]1c1ccc(F)c(C(=O)O)c1. The van der Waals surface area contributed by atoms with Crippen LogP contribution in [0.1, 0.15) is 77.6 Å². The highest BCUT2D eigenvalue weighted by molar-refractivity contribution is 6.31. The van der Waals surface area contributed by atoms with Crippen LogP contribution in [-0.4, -0.2) is 64.7 Å². The van der Waals surface area contributed by atoms with Crippen LogP contribution in [0.25, 0.3) is 0 Å². The van der Waals surface area contributed by atoms with Gasteiger partial charge in [0.25, 0.3) is 5.91 Å². The van der Waals surface area contributed by atoms with Crippen molar-refractivity contribution in [1.29, 1.82) is 0 Å². The summed E-state index contributed by atoms with van der Waals surface area (Å²) in [6.07, 6.45) is -0.211. The molecule has 3 fully saturated rings. The van der Waals surface area contributed by atoms with Crippen molar-refractivity contribution in [2.24, 2.45) is 11.8 Å². The second kappa shape index (κ2) is 11.3. The van der Waals surface area contributed by atoms with Crippen molar-refractivity contribution in [1.82, 2.24) is 9.80 Å². The van der Waals surface area contributed by atoms with Crippen LogP contribution < -0.4 is 0 Å². The van der Waals surface area contributed by atoms with Gasteiger partial charge < -0.3 is 14.7 Å². The van der Waals surface area contributed by atoms with Crippen molar-refractivity contribution in [3.8, 4) is 0 Å². The first kappa shape index (κ1) is 30.3. The third-order valence-electron chi connectivity index (χ3n) is 9.98. The maximum absolute atomic E-state index is 14.0. The monoisotopic (exact) mass is 622 g/mol. The minimum absolute atomic E-state index is 0.0804. The van der Waals surface area contributed by atoms with E-state index in [1.54, 1.807) is 11.0 Å². The van der Waals surface area contributed by atoms with Crippen molar-refractivity contribution < 1.29 is 37.0 Å². The first-order valence-corrected chi connectivity index (χ1v) is 15.3. The number of carboxylic acid groups (broad SMARTS) is 1. The minimum atomic E-state index is -4.52. The summed E-state index contributed by atoms with van der Waals surface area (Å²) in [5.41, 5.74) is -0.136. The molecular weight excluding hydrogens is 588 g/mol. The minimum Gasteiger partial charge on any atom is -0.478 e. The van der Waals surface area contributed by atoms with Crippen LogP contribution in [0.3, 0.4) is 0 Å². The third-order valence-corrected chi connectivity index (χ3v) is 10.3. The van der Waals surface area contributed by atoms with E-state index in [4.69, 9.17) is 16.3 Å². The molecule has 0 spiro atoms. The van der Waals surface area contributed by atoms with Crippen LogP contribution in [0, 0.1) is 17.7 Å². The number of piperidine rings is 1. The number of carbonyl (C=O) groups is 2. The number of aromatic carboxylic acids is 1. The normalized spacial score (nSPS) is 28.4. The molecule has 6 rings (SSSR count). The second-order valence-corrected chi connectivity index (χ2v) is 13.1. The van der Waals surface area contributed by atoms with Crippen LogP contribution in [0.5, 0.6) is 0 Å². The Bertz CT molecular complexity index is 1420. The van der Waals surface area contributed by atoms with Crippen LogP contribution in [0.2, 0.25) is 5.02 Å². The number of carboxylic acids is 1. The fourth-order valence-electron chi connectivity index (χ4n) is 7.48. The van der Waals surface area contributed by atoms with Gasteiger partial charge in [0.1, 0.15) is 11.4 Å². The standard InChI is InChI=1S/C32H35ClF4N2O4/c1-18-15-38(10-7-24(18)19-2-5-28(34)26(13-19)29(40)41)23-6-9-31(43-17-23,21-3-4-21)30(42)39-11-8-25-20(16-39)12-22(14-27(25)33)32(35,36)37/h2,5,12-14,18,21,23-24H,3-4,6-11,15-17H2,1H3,(H,40,41)/t18?,23-,24+,31+/m1/s1. The lowest BCUT2D eigenvalue weighted by Gasteiger charge is -2.48. The van der Waals surface area contributed by atoms with Crippen LogP contribution >= 0.6 is 11.6 Å². The number of amides is 1. The Labute approximate surface area is 252 Å². The molecule has 6 nitrogen and oxygen atoms in total. The summed E-state index contributed by atoms with van der Waals surface area (Å²) in [7, 11) is 0. The predicted octanol–water partition coefficient (Wildman–Crippen LogP) is 6.53. The van der Waals surface area contributed by atoms with Gasteiger partial charge in [-0.3, -0.25) is 9.69 Å². The molecule has 0 bridgehead atoms. The van der Waals surface area contributed by atoms with E-state index < -0.39 is 29.1 Å². The summed E-state index contributed by atoms with van der Waals surface area (Å²) in [6, 6.07) is 6.55. The first-order valence-electron chi connectivity index (χ1n) is 15.0. The van der Waals surface area contributed by atoms with E-state index in [-0.39, 0.29) is 46.8 Å². The van der Waals surface area contributed by atoms with Gasteiger partial charge in [0.2, 0.25) is 0 Å². The van der Waals surface area contributed by atoms with Gasteiger partial charge in [-0.15, -0.1) is 0 Å². The number of likely N-dealkylation sites (tertiary alicyclic amines) is 1. The molecule has 11 heteroatoms. The number of nitrogens with zero attached hydrogens (tertiary/aromatic N) is 2.